The summed E-state index contributed by atoms with van der Waals surface area (Å²) in [5.41, 5.74) is 9.21. The number of carbonyl (C=O) groups excluding carboxylic acids is 5. The van der Waals surface area contributed by atoms with Crippen molar-refractivity contribution in [3.05, 3.63) is 72.2 Å². The van der Waals surface area contributed by atoms with Crippen LogP contribution in [0.1, 0.15) is 83.9 Å². The Morgan fingerprint density at radius 1 is 1.14 bits per heavy atom. The van der Waals surface area contributed by atoms with E-state index in [1.165, 1.54) is 27.5 Å². The number of aromatic nitrogens is 3. The monoisotopic (exact) mass is 894 g/mol. The molecule has 1 aromatic carbocycles. The third kappa shape index (κ3) is 9.50. The van der Waals surface area contributed by atoms with Crippen molar-refractivity contribution in [2.24, 2.45) is 17.3 Å². The second-order valence-corrected chi connectivity index (χ2v) is 19.2. The number of likely N-dealkylation sites (N-methyl/N-ethyl adjacent to an activating group) is 1. The van der Waals surface area contributed by atoms with Gasteiger partial charge in [0.05, 0.1) is 40.6 Å². The number of methoxy groups -OCH3 is 1. The lowest BCUT2D eigenvalue weighted by Gasteiger charge is -2.37. The zero-order valence-corrected chi connectivity index (χ0v) is 39.1. The van der Waals surface area contributed by atoms with Crippen LogP contribution in [-0.2, 0) is 52.8 Å². The summed E-state index contributed by atoms with van der Waals surface area (Å²) in [5.74, 6) is -2.64. The van der Waals surface area contributed by atoms with Gasteiger partial charge in [0, 0.05) is 74.8 Å². The van der Waals surface area contributed by atoms with E-state index in [0.29, 0.717) is 51.0 Å². The quantitative estimate of drug-likeness (QED) is 0.149. The highest BCUT2D eigenvalue weighted by molar-refractivity contribution is 7.09. The minimum absolute atomic E-state index is 0.0671. The molecule has 3 aliphatic rings. The molecule has 1 unspecified atom stereocenters. The first kappa shape index (κ1) is 46.5. The summed E-state index contributed by atoms with van der Waals surface area (Å²) in [6, 6.07) is 9.65. The van der Waals surface area contributed by atoms with Crippen molar-refractivity contribution < 1.29 is 33.4 Å². The van der Waals surface area contributed by atoms with E-state index in [2.05, 4.69) is 66.9 Å². The first-order valence-electron chi connectivity index (χ1n) is 22.4. The number of rotatable bonds is 10. The molecule has 0 radical (unpaired) electrons. The molecule has 15 nitrogen and oxygen atoms in total. The topological polar surface area (TPSA) is 168 Å². The van der Waals surface area contributed by atoms with Gasteiger partial charge in [-0.1, -0.05) is 40.3 Å². The maximum atomic E-state index is 14.6. The summed E-state index contributed by atoms with van der Waals surface area (Å²) < 4.78 is 19.1. The fourth-order valence-electron chi connectivity index (χ4n) is 9.50. The molecular formula is C48H62N8O7S. The molecule has 3 aromatic heterocycles. The van der Waals surface area contributed by atoms with Gasteiger partial charge in [0.15, 0.2) is 0 Å². The van der Waals surface area contributed by atoms with Crippen molar-refractivity contribution in [3.63, 3.8) is 0 Å². The van der Waals surface area contributed by atoms with Gasteiger partial charge in [-0.25, -0.2) is 5.43 Å². The molecule has 0 spiro atoms. The molecule has 6 bridgehead atoms. The lowest BCUT2D eigenvalue weighted by Crippen LogP contribution is -2.62. The lowest BCUT2D eigenvalue weighted by atomic mass is 9.84. The lowest BCUT2D eigenvalue weighted by molar-refractivity contribution is -0.155. The maximum Gasteiger partial charge on any atom is 0.324 e. The Hall–Kier alpha value is -5.45. The van der Waals surface area contributed by atoms with E-state index in [1.54, 1.807) is 25.3 Å². The number of fused-ring (bicyclic) bond motifs is 6. The number of ether oxygens (including phenoxy) is 2. The molecular weight excluding hydrogens is 833 g/mol. The van der Waals surface area contributed by atoms with Crippen LogP contribution in [-0.4, -0.2) is 117 Å². The number of esters is 1. The minimum atomic E-state index is -1.09. The van der Waals surface area contributed by atoms with E-state index < -0.39 is 47.2 Å². The van der Waals surface area contributed by atoms with Gasteiger partial charge in [0.25, 0.3) is 5.91 Å². The molecule has 342 valence electrons. The molecule has 2 N–H and O–H groups in total. The molecule has 3 aliphatic heterocycles. The van der Waals surface area contributed by atoms with Crippen molar-refractivity contribution in [1.29, 1.82) is 0 Å². The Kier molecular flexibility index (Phi) is 14.1. The van der Waals surface area contributed by atoms with Crippen molar-refractivity contribution in [2.75, 3.05) is 40.4 Å². The normalized spacial score (nSPS) is 21.3. The van der Waals surface area contributed by atoms with E-state index in [-0.39, 0.29) is 43.4 Å². The van der Waals surface area contributed by atoms with Crippen molar-refractivity contribution in [3.8, 4) is 21.7 Å². The number of pyridine rings is 1. The average Bonchev–Trinajstić information content (AvgIpc) is 4.05. The number of hydrogen-bond donors (Lipinski definition) is 2. The molecule has 16 heteroatoms. The molecule has 6 heterocycles. The van der Waals surface area contributed by atoms with Gasteiger partial charge in [-0.3, -0.25) is 34.0 Å². The summed E-state index contributed by atoms with van der Waals surface area (Å²) in [4.78, 5) is 77.7. The number of hydrazine groups is 1. The van der Waals surface area contributed by atoms with E-state index in [9.17, 15) is 24.0 Å². The van der Waals surface area contributed by atoms with Gasteiger partial charge in [-0.15, -0.1) is 0 Å². The van der Waals surface area contributed by atoms with E-state index in [1.807, 2.05) is 32.9 Å². The minimum Gasteiger partial charge on any atom is -0.464 e. The predicted octanol–water partition coefficient (Wildman–Crippen LogP) is 5.72. The van der Waals surface area contributed by atoms with E-state index in [0.717, 1.165) is 43.9 Å². The third-order valence-electron chi connectivity index (χ3n) is 12.9. The molecule has 0 aliphatic carbocycles. The molecule has 5 atom stereocenters. The largest absolute Gasteiger partial charge is 0.464 e. The highest BCUT2D eigenvalue weighted by Crippen LogP contribution is 2.42. The Morgan fingerprint density at radius 3 is 2.64 bits per heavy atom. The van der Waals surface area contributed by atoms with Crippen LogP contribution in [0.5, 0.6) is 0 Å². The Morgan fingerprint density at radius 2 is 1.92 bits per heavy atom. The Labute approximate surface area is 379 Å². The smallest absolute Gasteiger partial charge is 0.324 e. The Balaban J connectivity index is 1.27. The summed E-state index contributed by atoms with van der Waals surface area (Å²) in [5, 5.41) is 5.49. The number of cyclic esters (lactones) is 1. The second-order valence-electron chi connectivity index (χ2n) is 18.4. The molecule has 4 amide bonds. The second kappa shape index (κ2) is 19.3. The standard InChI is InChI=1S/C48H62N8O7S/c1-10-40(57)54-21-18-31(26-54)45(59)53(8)42(28(3)4)44(58)50-37-23-32-24-39(64-52-32)30-16-17-38-34(22-30)35(43(55(38)11-2)33-14-12-19-49-41(33)29(5)62-9)25-48(6,7)27-63-47(61)36-15-13-20-56(51-36)46(37)60/h10,12,14,16-17,19,22,24,28-29,31,36-37,42,51H,1,11,13,15,18,20-21,23,25-27H2,2-9H3,(H,50,58)/t29-,31-,36-,37-,42?/m0/s1. The van der Waals surface area contributed by atoms with Gasteiger partial charge in [0.1, 0.15) is 18.1 Å². The molecule has 64 heavy (non-hydrogen) atoms. The molecule has 2 saturated heterocycles. The highest BCUT2D eigenvalue weighted by atomic mass is 32.1. The number of aryl methyl sites for hydroxylation is 1. The summed E-state index contributed by atoms with van der Waals surface area (Å²) in [6.07, 6.45) is 4.90. The summed E-state index contributed by atoms with van der Waals surface area (Å²) in [6.45, 7) is 17.4. The number of benzene rings is 1. The zero-order chi connectivity index (χ0) is 46.0. The van der Waals surface area contributed by atoms with Gasteiger partial charge >= 0.3 is 5.97 Å². The van der Waals surface area contributed by atoms with Gasteiger partial charge in [-0.05, 0) is 105 Å². The van der Waals surface area contributed by atoms with E-state index in [4.69, 9.17) is 18.8 Å². The number of amides is 4. The molecule has 4 aromatic rings. The molecule has 0 saturated carbocycles. The first-order chi connectivity index (χ1) is 30.5. The fourth-order valence-corrected chi connectivity index (χ4v) is 10.3. The number of carbonyl (C=O) groups is 5. The van der Waals surface area contributed by atoms with Crippen LogP contribution in [0.15, 0.2) is 55.3 Å². The van der Waals surface area contributed by atoms with Crippen LogP contribution in [0.2, 0.25) is 0 Å². The number of nitrogens with one attached hydrogen (secondary N) is 2. The van der Waals surface area contributed by atoms with Crippen molar-refractivity contribution in [1.82, 2.24) is 39.5 Å². The van der Waals surface area contributed by atoms with Crippen LogP contribution in [0.25, 0.3) is 32.6 Å². The van der Waals surface area contributed by atoms with E-state index >= 15 is 0 Å². The van der Waals surface area contributed by atoms with Crippen LogP contribution in [0.4, 0.5) is 0 Å². The summed E-state index contributed by atoms with van der Waals surface area (Å²) in [7, 11) is 3.28. The van der Waals surface area contributed by atoms with Crippen LogP contribution in [0, 0.1) is 17.3 Å². The number of hydrogen-bond acceptors (Lipinski definition) is 11. The van der Waals surface area contributed by atoms with Crippen LogP contribution < -0.4 is 10.7 Å². The van der Waals surface area contributed by atoms with Crippen LogP contribution in [0.3, 0.4) is 0 Å². The zero-order valence-electron chi connectivity index (χ0n) is 38.3. The average molecular weight is 895 g/mol. The predicted molar refractivity (Wildman–Crippen MR) is 246 cm³/mol. The number of nitrogens with zero attached hydrogens (tertiary/aromatic N) is 6. The summed E-state index contributed by atoms with van der Waals surface area (Å²) >= 11 is 1.33. The van der Waals surface area contributed by atoms with Crippen molar-refractivity contribution >= 4 is 52.0 Å². The highest BCUT2D eigenvalue weighted by Gasteiger charge is 2.40. The SMILES string of the molecule is C=CC(=O)N1CC[C@H](C(=O)N(C)C(C(=O)N[C@H]2Cc3cc(sn3)-c3ccc4c(c3)c(c(-c3cccnc3[C@H](C)OC)n4CC)CC(C)(C)COC(=O)[C@@H]3CCCN(N3)C2=O)C(C)C)C1. The van der Waals surface area contributed by atoms with Gasteiger partial charge < -0.3 is 29.2 Å². The fraction of sp³-hybridized carbons (Fsp3) is 0.521. The first-order valence-corrected chi connectivity index (χ1v) is 23.1. The number of likely N-dealkylation sites (tertiary alicyclic amines) is 1. The van der Waals surface area contributed by atoms with Gasteiger partial charge in [-0.2, -0.15) is 4.37 Å². The molecule has 2 fully saturated rings. The molecule has 7 rings (SSSR count). The van der Waals surface area contributed by atoms with Gasteiger partial charge in [0.2, 0.25) is 17.7 Å². The van der Waals surface area contributed by atoms with Crippen molar-refractivity contribution in [2.45, 2.75) is 104 Å². The van der Waals surface area contributed by atoms with Crippen LogP contribution >= 0.6 is 11.5 Å². The Bertz CT molecular complexity index is 2420. The maximum absolute atomic E-state index is 14.6. The third-order valence-corrected chi connectivity index (χ3v) is 13.8.